The standard InChI is InChI=1S/C26H27FN2O3S/c1-18(2)29(26(31)20-10-6-7-11-22(20)27)16-25(30)28-14-12-24-21(13-15-33-24)23(28)17-32-19-8-4-3-5-9-19/h3-11,13,15,18,23H,12,14,16-17H2,1-2H3/t23-/m1/s1. The first-order valence-corrected chi connectivity index (χ1v) is 11.9. The third-order valence-electron chi connectivity index (χ3n) is 5.86. The molecule has 0 N–H and O–H groups in total. The van der Waals surface area contributed by atoms with E-state index < -0.39 is 11.7 Å². The predicted molar refractivity (Wildman–Crippen MR) is 127 cm³/mol. The van der Waals surface area contributed by atoms with Crippen molar-refractivity contribution < 1.29 is 18.7 Å². The number of benzene rings is 2. The molecule has 5 nitrogen and oxygen atoms in total. The normalized spacial score (nSPS) is 15.3. The summed E-state index contributed by atoms with van der Waals surface area (Å²) >= 11 is 1.69. The predicted octanol–water partition coefficient (Wildman–Crippen LogP) is 4.94. The lowest BCUT2D eigenvalue weighted by atomic mass is 10.00. The largest absolute Gasteiger partial charge is 0.491 e. The fourth-order valence-corrected chi connectivity index (χ4v) is 5.01. The van der Waals surface area contributed by atoms with Gasteiger partial charge >= 0.3 is 0 Å². The van der Waals surface area contributed by atoms with Gasteiger partial charge in [-0.15, -0.1) is 11.3 Å². The van der Waals surface area contributed by atoms with Crippen LogP contribution in [0.4, 0.5) is 4.39 Å². The minimum Gasteiger partial charge on any atom is -0.491 e. The Morgan fingerprint density at radius 3 is 2.58 bits per heavy atom. The van der Waals surface area contributed by atoms with E-state index in [4.69, 9.17) is 4.74 Å². The number of fused-ring (bicyclic) bond motifs is 1. The van der Waals surface area contributed by atoms with Crippen LogP contribution in [-0.2, 0) is 11.2 Å². The number of amides is 2. The van der Waals surface area contributed by atoms with Crippen molar-refractivity contribution in [2.75, 3.05) is 19.7 Å². The molecule has 1 atom stereocenters. The van der Waals surface area contributed by atoms with E-state index in [0.29, 0.717) is 13.2 Å². The molecular weight excluding hydrogens is 439 g/mol. The minimum absolute atomic E-state index is 0.0262. The zero-order valence-electron chi connectivity index (χ0n) is 18.7. The Bertz CT molecular complexity index is 1120. The lowest BCUT2D eigenvalue weighted by Crippen LogP contribution is -2.49. The molecule has 0 aliphatic carbocycles. The lowest BCUT2D eigenvalue weighted by molar-refractivity contribution is -0.136. The van der Waals surface area contributed by atoms with Crippen LogP contribution < -0.4 is 4.74 Å². The number of ether oxygens (including phenoxy) is 1. The van der Waals surface area contributed by atoms with Crippen molar-refractivity contribution in [2.24, 2.45) is 0 Å². The highest BCUT2D eigenvalue weighted by Crippen LogP contribution is 2.34. The summed E-state index contributed by atoms with van der Waals surface area (Å²) in [7, 11) is 0. The topological polar surface area (TPSA) is 49.9 Å². The van der Waals surface area contributed by atoms with Crippen LogP contribution in [0.2, 0.25) is 0 Å². The van der Waals surface area contributed by atoms with Crippen molar-refractivity contribution in [1.82, 2.24) is 9.80 Å². The first-order valence-electron chi connectivity index (χ1n) is 11.0. The van der Waals surface area contributed by atoms with E-state index in [9.17, 15) is 14.0 Å². The molecule has 4 rings (SSSR count). The summed E-state index contributed by atoms with van der Waals surface area (Å²) in [6.07, 6.45) is 0.767. The van der Waals surface area contributed by atoms with Gasteiger partial charge in [0.15, 0.2) is 0 Å². The molecule has 0 saturated heterocycles. The van der Waals surface area contributed by atoms with Crippen LogP contribution in [0, 0.1) is 5.82 Å². The van der Waals surface area contributed by atoms with Gasteiger partial charge in [0.05, 0.1) is 11.6 Å². The number of hydrogen-bond donors (Lipinski definition) is 0. The Balaban J connectivity index is 1.54. The van der Waals surface area contributed by atoms with E-state index in [2.05, 4.69) is 0 Å². The molecular formula is C26H27FN2O3S. The number of hydrogen-bond acceptors (Lipinski definition) is 4. The van der Waals surface area contributed by atoms with Crippen LogP contribution in [0.1, 0.15) is 40.7 Å². The summed E-state index contributed by atoms with van der Waals surface area (Å²) in [5.41, 5.74) is 1.06. The van der Waals surface area contributed by atoms with Crippen LogP contribution in [0.25, 0.3) is 0 Å². The van der Waals surface area contributed by atoms with E-state index in [1.54, 1.807) is 28.4 Å². The number of thiophene rings is 1. The second-order valence-electron chi connectivity index (χ2n) is 8.28. The Labute approximate surface area is 197 Å². The van der Waals surface area contributed by atoms with Crippen LogP contribution in [0.3, 0.4) is 0 Å². The van der Waals surface area contributed by atoms with Crippen molar-refractivity contribution in [3.05, 3.63) is 87.9 Å². The van der Waals surface area contributed by atoms with Gasteiger partial charge in [0.1, 0.15) is 24.7 Å². The Morgan fingerprint density at radius 1 is 1.12 bits per heavy atom. The number of rotatable bonds is 7. The van der Waals surface area contributed by atoms with E-state index in [1.807, 2.05) is 55.6 Å². The second-order valence-corrected chi connectivity index (χ2v) is 9.28. The first-order chi connectivity index (χ1) is 16.0. The summed E-state index contributed by atoms with van der Waals surface area (Å²) in [5.74, 6) is -0.505. The maximum Gasteiger partial charge on any atom is 0.257 e. The quantitative estimate of drug-likeness (QED) is 0.495. The van der Waals surface area contributed by atoms with Gasteiger partial charge in [-0.1, -0.05) is 30.3 Å². The first kappa shape index (κ1) is 23.0. The zero-order valence-corrected chi connectivity index (χ0v) is 19.6. The molecule has 33 heavy (non-hydrogen) atoms. The van der Waals surface area contributed by atoms with Gasteiger partial charge < -0.3 is 14.5 Å². The average Bonchev–Trinajstić information content (AvgIpc) is 3.30. The van der Waals surface area contributed by atoms with Gasteiger partial charge in [-0.2, -0.15) is 0 Å². The lowest BCUT2D eigenvalue weighted by Gasteiger charge is -2.37. The number of halogens is 1. The van der Waals surface area contributed by atoms with Gasteiger partial charge in [0.2, 0.25) is 5.91 Å². The zero-order chi connectivity index (χ0) is 23.4. The van der Waals surface area contributed by atoms with E-state index in [-0.39, 0.29) is 30.1 Å². The molecule has 0 spiro atoms. The fourth-order valence-electron chi connectivity index (χ4n) is 4.08. The van der Waals surface area contributed by atoms with Crippen LogP contribution in [-0.4, -0.2) is 47.4 Å². The maximum atomic E-state index is 14.3. The molecule has 1 aliphatic rings. The molecule has 3 aromatic rings. The Morgan fingerprint density at radius 2 is 1.85 bits per heavy atom. The fraction of sp³-hybridized carbons (Fsp3) is 0.308. The molecule has 0 bridgehead atoms. The molecule has 1 aromatic heterocycles. The summed E-state index contributed by atoms with van der Waals surface area (Å²) in [6, 6.07) is 16.9. The summed E-state index contributed by atoms with van der Waals surface area (Å²) in [4.78, 5) is 31.0. The Kier molecular flexibility index (Phi) is 7.08. The SMILES string of the molecule is CC(C)N(CC(=O)N1CCc2sccc2[C@H]1COc1ccccc1)C(=O)c1ccccc1F. The molecule has 2 aromatic carbocycles. The summed E-state index contributed by atoms with van der Waals surface area (Å²) in [6.45, 7) is 4.41. The number of carbonyl (C=O) groups is 2. The molecule has 1 aliphatic heterocycles. The van der Waals surface area contributed by atoms with E-state index >= 15 is 0 Å². The summed E-state index contributed by atoms with van der Waals surface area (Å²) < 4.78 is 20.3. The van der Waals surface area contributed by atoms with E-state index in [0.717, 1.165) is 17.7 Å². The van der Waals surface area contributed by atoms with Crippen LogP contribution in [0.15, 0.2) is 66.0 Å². The van der Waals surface area contributed by atoms with Gasteiger partial charge in [-0.05, 0) is 61.5 Å². The Hall–Kier alpha value is -3.19. The molecule has 2 amide bonds. The highest BCUT2D eigenvalue weighted by atomic mass is 32.1. The molecule has 2 heterocycles. The molecule has 0 radical (unpaired) electrons. The van der Waals surface area contributed by atoms with E-state index in [1.165, 1.54) is 21.9 Å². The van der Waals surface area contributed by atoms with Crippen molar-refractivity contribution in [2.45, 2.75) is 32.4 Å². The third-order valence-corrected chi connectivity index (χ3v) is 6.86. The second kappa shape index (κ2) is 10.2. The number of nitrogens with zero attached hydrogens (tertiary/aromatic N) is 2. The maximum absolute atomic E-state index is 14.3. The molecule has 7 heteroatoms. The summed E-state index contributed by atoms with van der Waals surface area (Å²) in [5, 5.41) is 2.04. The molecule has 0 fully saturated rings. The smallest absolute Gasteiger partial charge is 0.257 e. The number of para-hydroxylation sites is 1. The van der Waals surface area contributed by atoms with Crippen molar-refractivity contribution in [3.63, 3.8) is 0 Å². The molecule has 172 valence electrons. The monoisotopic (exact) mass is 466 g/mol. The van der Waals surface area contributed by atoms with Gasteiger partial charge in [0, 0.05) is 17.5 Å². The van der Waals surface area contributed by atoms with Crippen molar-refractivity contribution in [3.8, 4) is 5.75 Å². The number of carbonyl (C=O) groups excluding carboxylic acids is 2. The van der Waals surface area contributed by atoms with Gasteiger partial charge in [-0.3, -0.25) is 9.59 Å². The highest BCUT2D eigenvalue weighted by Gasteiger charge is 2.34. The molecule has 0 unspecified atom stereocenters. The average molecular weight is 467 g/mol. The van der Waals surface area contributed by atoms with Crippen LogP contribution >= 0.6 is 11.3 Å². The molecule has 0 saturated carbocycles. The third kappa shape index (κ3) is 5.09. The highest BCUT2D eigenvalue weighted by molar-refractivity contribution is 7.10. The van der Waals surface area contributed by atoms with Crippen LogP contribution in [0.5, 0.6) is 5.75 Å². The van der Waals surface area contributed by atoms with Crippen molar-refractivity contribution >= 4 is 23.2 Å². The van der Waals surface area contributed by atoms with Crippen molar-refractivity contribution in [1.29, 1.82) is 0 Å². The minimum atomic E-state index is -0.587. The van der Waals surface area contributed by atoms with Gasteiger partial charge in [0.25, 0.3) is 5.91 Å². The van der Waals surface area contributed by atoms with Gasteiger partial charge in [-0.25, -0.2) is 4.39 Å².